The van der Waals surface area contributed by atoms with Gasteiger partial charge in [-0.1, -0.05) is 143 Å². The summed E-state index contributed by atoms with van der Waals surface area (Å²) in [4.78, 5) is 23.1. The first-order valence-electron chi connectivity index (χ1n) is 23.7. The lowest BCUT2D eigenvalue weighted by Crippen LogP contribution is -2.17. The average molecular weight is 986 g/mol. The number of hydrogen-bond donors (Lipinski definition) is 2. The van der Waals surface area contributed by atoms with Crippen LogP contribution in [0.4, 0.5) is 5.69 Å². The van der Waals surface area contributed by atoms with Gasteiger partial charge in [0.05, 0.1) is 20.5 Å². The number of carbonyl (C=O) groups excluding carboxylic acids is 2. The molecule has 6 aromatic rings. The quantitative estimate of drug-likeness (QED) is 0.0975. The second-order valence-electron chi connectivity index (χ2n) is 18.1. The lowest BCUT2D eigenvalue weighted by molar-refractivity contribution is -0.121. The summed E-state index contributed by atoms with van der Waals surface area (Å²) in [7, 11) is 4.93. The zero-order valence-electron chi connectivity index (χ0n) is 43.9. The lowest BCUT2D eigenvalue weighted by atomic mass is 10.0. The highest BCUT2D eigenvalue weighted by atomic mass is 35.5. The number of methoxy groups -OCH3 is 3. The Bertz CT molecular complexity index is 2250. The van der Waals surface area contributed by atoms with Crippen LogP contribution in [0.2, 0.25) is 5.02 Å². The van der Waals surface area contributed by atoms with Crippen molar-refractivity contribution in [2.24, 2.45) is 29.4 Å². The molecule has 0 saturated heterocycles. The Morgan fingerprint density at radius 3 is 1.72 bits per heavy atom. The molecule has 0 atom stereocenters. The van der Waals surface area contributed by atoms with E-state index >= 15 is 0 Å². The number of anilines is 1. The molecule has 2 heterocycles. The van der Waals surface area contributed by atoms with Gasteiger partial charge in [0.25, 0.3) is 0 Å². The van der Waals surface area contributed by atoms with Gasteiger partial charge in [-0.15, -0.1) is 11.8 Å². The van der Waals surface area contributed by atoms with Crippen molar-refractivity contribution in [3.63, 3.8) is 0 Å². The van der Waals surface area contributed by atoms with Crippen LogP contribution in [-0.2, 0) is 27.4 Å². The Morgan fingerprint density at radius 1 is 0.667 bits per heavy atom. The second-order valence-corrected chi connectivity index (χ2v) is 19.6. The summed E-state index contributed by atoms with van der Waals surface area (Å²) in [6, 6.07) is 39.8. The number of ether oxygens (including phenoxy) is 3. The number of nitrogens with two attached hydrogens (primary N) is 1. The fourth-order valence-corrected chi connectivity index (χ4v) is 6.58. The summed E-state index contributed by atoms with van der Waals surface area (Å²) in [6.07, 6.45) is 2.77. The first-order chi connectivity index (χ1) is 32.7. The van der Waals surface area contributed by atoms with Gasteiger partial charge in [0.2, 0.25) is 11.8 Å². The van der Waals surface area contributed by atoms with Crippen LogP contribution in [0.15, 0.2) is 141 Å². The Balaban J connectivity index is 0.000000438. The molecule has 11 heteroatoms. The minimum atomic E-state index is -0.241. The number of nitrogens with one attached hydrogen (secondary N) is 1. The Labute approximate surface area is 424 Å². The standard InChI is InChI=1S/C18H21NO3.C10H13Cl.C10H14S.C9H14O2.C7H10O.C4H9NO/c1-12(2)18(20)19-14-7-10-17(22-4)16(11-14)13-5-8-15(21-3)9-6-13;1-8(2)7-9-5-3-4-6-10(9)11;1-9(2)8-11-10-6-4-3-5-7-10;1-7(2)9-5-4-8(11-9)6-10-3;1-6(2)7-4-3-5-8-7;1-3(2)4(5)6/h5-12H,1-4H3,(H,19,20);3-6,8H,7H2,1-2H3;3-7,9H,8H2,1-2H3;4-5,7H,6H2,1-3H3;3-6H,1-2H3;3H,1-2H3,(H2,5,6). The van der Waals surface area contributed by atoms with E-state index in [1.165, 1.54) is 16.2 Å². The molecule has 4 aromatic carbocycles. The molecule has 2 aromatic heterocycles. The smallest absolute Gasteiger partial charge is 0.226 e. The Kier molecular flexibility index (Phi) is 31.1. The zero-order valence-corrected chi connectivity index (χ0v) is 45.5. The summed E-state index contributed by atoms with van der Waals surface area (Å²) in [5.41, 5.74) is 8.73. The first kappa shape index (κ1) is 61.6. The molecule has 0 aliphatic carbocycles. The van der Waals surface area contributed by atoms with Gasteiger partial charge in [-0.25, -0.2) is 0 Å². The van der Waals surface area contributed by atoms with Crippen LogP contribution in [0.3, 0.4) is 0 Å². The predicted molar refractivity (Wildman–Crippen MR) is 291 cm³/mol. The summed E-state index contributed by atoms with van der Waals surface area (Å²) in [5.74, 6) is 7.86. The van der Waals surface area contributed by atoms with Gasteiger partial charge in [-0.2, -0.15) is 0 Å². The maximum atomic E-state index is 11.8. The third-order valence-electron chi connectivity index (χ3n) is 9.52. The molecular weight excluding hydrogens is 904 g/mol. The molecule has 69 heavy (non-hydrogen) atoms. The van der Waals surface area contributed by atoms with E-state index in [0.29, 0.717) is 24.4 Å². The molecule has 0 bridgehead atoms. The highest BCUT2D eigenvalue weighted by molar-refractivity contribution is 7.99. The maximum Gasteiger partial charge on any atom is 0.226 e. The van der Waals surface area contributed by atoms with E-state index in [0.717, 1.165) is 63.0 Å². The average Bonchev–Trinajstić information content (AvgIpc) is 4.05. The summed E-state index contributed by atoms with van der Waals surface area (Å²) < 4.78 is 26.1. The van der Waals surface area contributed by atoms with Crippen LogP contribution in [0.25, 0.3) is 11.1 Å². The van der Waals surface area contributed by atoms with Crippen LogP contribution < -0.4 is 20.5 Å². The Morgan fingerprint density at radius 2 is 1.28 bits per heavy atom. The number of halogens is 1. The molecule has 6 rings (SSSR count). The van der Waals surface area contributed by atoms with Crippen LogP contribution in [0.5, 0.6) is 11.5 Å². The molecule has 0 aliphatic heterocycles. The van der Waals surface area contributed by atoms with Crippen molar-refractivity contribution < 1.29 is 32.6 Å². The number of rotatable bonds is 15. The van der Waals surface area contributed by atoms with E-state index in [4.69, 9.17) is 40.4 Å². The molecule has 0 aliphatic rings. The highest BCUT2D eigenvalue weighted by Crippen LogP contribution is 2.34. The third kappa shape index (κ3) is 26.8. The van der Waals surface area contributed by atoms with Crippen molar-refractivity contribution in [1.82, 2.24) is 0 Å². The second kappa shape index (κ2) is 34.8. The van der Waals surface area contributed by atoms with Gasteiger partial charge in [-0.05, 0) is 102 Å². The molecule has 3 N–H and O–H groups in total. The number of thioether (sulfide) groups is 1. The minimum absolute atomic E-state index is 0.00847. The van der Waals surface area contributed by atoms with Crippen molar-refractivity contribution in [1.29, 1.82) is 0 Å². The van der Waals surface area contributed by atoms with Crippen molar-refractivity contribution >= 4 is 40.9 Å². The molecule has 0 saturated carbocycles. The fraction of sp³-hybridized carbons (Fsp3) is 0.414. The molecule has 2 amide bonds. The monoisotopic (exact) mass is 985 g/mol. The van der Waals surface area contributed by atoms with Crippen molar-refractivity contribution in [2.45, 2.75) is 113 Å². The summed E-state index contributed by atoms with van der Waals surface area (Å²) >= 11 is 7.90. The van der Waals surface area contributed by atoms with Gasteiger partial charge in [0.15, 0.2) is 0 Å². The van der Waals surface area contributed by atoms with Crippen molar-refractivity contribution in [3.8, 4) is 22.6 Å². The third-order valence-corrected chi connectivity index (χ3v) is 11.3. The van der Waals surface area contributed by atoms with E-state index in [2.05, 4.69) is 97.1 Å². The maximum absolute atomic E-state index is 11.8. The van der Waals surface area contributed by atoms with E-state index in [9.17, 15) is 9.59 Å². The van der Waals surface area contributed by atoms with Crippen LogP contribution in [-0.4, -0.2) is 38.9 Å². The summed E-state index contributed by atoms with van der Waals surface area (Å²) in [6.45, 7) is 25.1. The van der Waals surface area contributed by atoms with Crippen LogP contribution in [0.1, 0.15) is 118 Å². The molecule has 378 valence electrons. The zero-order chi connectivity index (χ0) is 51.9. The van der Waals surface area contributed by atoms with E-state index in [1.54, 1.807) is 41.4 Å². The van der Waals surface area contributed by atoms with Crippen LogP contribution in [0, 0.1) is 23.7 Å². The minimum Gasteiger partial charge on any atom is -0.497 e. The molecular formula is C58H81ClN2O7S. The fourth-order valence-electron chi connectivity index (χ4n) is 5.50. The van der Waals surface area contributed by atoms with E-state index in [1.807, 2.05) is 111 Å². The van der Waals surface area contributed by atoms with Gasteiger partial charge in [0.1, 0.15) is 35.4 Å². The molecule has 0 spiro atoms. The number of carbonyl (C=O) groups is 2. The topological polar surface area (TPSA) is 126 Å². The number of hydrogen-bond acceptors (Lipinski definition) is 8. The van der Waals surface area contributed by atoms with Gasteiger partial charge in [-0.3, -0.25) is 9.59 Å². The van der Waals surface area contributed by atoms with Gasteiger partial charge >= 0.3 is 0 Å². The van der Waals surface area contributed by atoms with Gasteiger partial charge < -0.3 is 34.1 Å². The predicted octanol–water partition coefficient (Wildman–Crippen LogP) is 16.0. The van der Waals surface area contributed by atoms with Crippen molar-refractivity contribution in [3.05, 3.63) is 155 Å². The molecule has 0 fully saturated rings. The molecule has 0 radical (unpaired) electrons. The largest absolute Gasteiger partial charge is 0.497 e. The number of primary amides is 1. The SMILES string of the molecule is CC(C)C(N)=O.CC(C)CSc1ccccc1.CC(C)Cc1ccccc1Cl.CC(C)c1ccco1.COCc1ccc(C(C)C)o1.COc1ccc(-c2cc(NC(=O)C(C)C)ccc2OC)cc1. The van der Waals surface area contributed by atoms with Crippen LogP contribution >= 0.6 is 23.4 Å². The molecule has 0 unspecified atom stereocenters. The normalized spacial score (nSPS) is 10.4. The van der Waals surface area contributed by atoms with Crippen molar-refractivity contribution in [2.75, 3.05) is 32.4 Å². The number of furan rings is 2. The number of amides is 2. The Hall–Kier alpha value is -5.42. The van der Waals surface area contributed by atoms with Gasteiger partial charge in [0, 0.05) is 57.7 Å². The van der Waals surface area contributed by atoms with E-state index < -0.39 is 0 Å². The first-order valence-corrected chi connectivity index (χ1v) is 25.0. The lowest BCUT2D eigenvalue weighted by Gasteiger charge is -2.13. The number of benzene rings is 4. The summed E-state index contributed by atoms with van der Waals surface area (Å²) in [5, 5.41) is 3.80. The highest BCUT2D eigenvalue weighted by Gasteiger charge is 2.12. The van der Waals surface area contributed by atoms with E-state index in [-0.39, 0.29) is 23.7 Å². The molecule has 9 nitrogen and oxygen atoms in total.